The van der Waals surface area contributed by atoms with Crippen LogP contribution >= 0.6 is 0 Å². The van der Waals surface area contributed by atoms with E-state index >= 15 is 0 Å². The highest BCUT2D eigenvalue weighted by Crippen LogP contribution is 2.27. The molecule has 0 atom stereocenters. The van der Waals surface area contributed by atoms with E-state index in [1.54, 1.807) is 14.2 Å². The fourth-order valence-electron chi connectivity index (χ4n) is 2.04. The Morgan fingerprint density at radius 1 is 0.905 bits per heavy atom. The van der Waals surface area contributed by atoms with Crippen molar-refractivity contribution in [1.82, 2.24) is 5.32 Å². The molecule has 1 N–H and O–H groups in total. The van der Waals surface area contributed by atoms with Gasteiger partial charge in [0.05, 0.1) is 25.9 Å². The fraction of sp³-hybridized carbons (Fsp3) is 0.235. The first-order valence-corrected chi connectivity index (χ1v) is 6.67. The molecule has 0 aliphatic rings. The molecule has 4 heteroatoms. The lowest BCUT2D eigenvalue weighted by Crippen LogP contribution is -2.12. The highest BCUT2D eigenvalue weighted by Gasteiger charge is 2.04. The van der Waals surface area contributed by atoms with Crippen molar-refractivity contribution in [3.05, 3.63) is 59.2 Å². The minimum Gasteiger partial charge on any atom is -0.493 e. The molecule has 0 radical (unpaired) electrons. The van der Waals surface area contributed by atoms with E-state index in [2.05, 4.69) is 11.4 Å². The van der Waals surface area contributed by atoms with Gasteiger partial charge in [0.1, 0.15) is 0 Å². The van der Waals surface area contributed by atoms with Crippen molar-refractivity contribution in [2.45, 2.75) is 13.1 Å². The van der Waals surface area contributed by atoms with Crippen molar-refractivity contribution < 1.29 is 9.47 Å². The number of hydrogen-bond donors (Lipinski definition) is 1. The number of nitriles is 1. The van der Waals surface area contributed by atoms with Gasteiger partial charge in [-0.05, 0) is 35.4 Å². The van der Waals surface area contributed by atoms with Crippen LogP contribution in [0.15, 0.2) is 42.5 Å². The van der Waals surface area contributed by atoms with Crippen LogP contribution in [-0.4, -0.2) is 14.2 Å². The highest BCUT2D eigenvalue weighted by atomic mass is 16.5. The van der Waals surface area contributed by atoms with Crippen LogP contribution in [0.2, 0.25) is 0 Å². The molecule has 0 amide bonds. The SMILES string of the molecule is COc1ccc(CNCc2ccc(C#N)cc2)cc1OC. The summed E-state index contributed by atoms with van der Waals surface area (Å²) in [5.41, 5.74) is 2.95. The van der Waals surface area contributed by atoms with Gasteiger partial charge in [-0.25, -0.2) is 0 Å². The molecular formula is C17H18N2O2. The molecule has 0 fully saturated rings. The summed E-state index contributed by atoms with van der Waals surface area (Å²) in [6.07, 6.45) is 0. The summed E-state index contributed by atoms with van der Waals surface area (Å²) < 4.78 is 10.5. The average molecular weight is 282 g/mol. The van der Waals surface area contributed by atoms with Gasteiger partial charge in [0.25, 0.3) is 0 Å². The molecule has 0 saturated carbocycles. The molecule has 0 aliphatic heterocycles. The smallest absolute Gasteiger partial charge is 0.161 e. The summed E-state index contributed by atoms with van der Waals surface area (Å²) >= 11 is 0. The molecule has 2 aromatic carbocycles. The summed E-state index contributed by atoms with van der Waals surface area (Å²) in [5, 5.41) is 12.1. The quantitative estimate of drug-likeness (QED) is 0.885. The molecule has 0 heterocycles. The lowest BCUT2D eigenvalue weighted by molar-refractivity contribution is 0.354. The second-order valence-corrected chi connectivity index (χ2v) is 4.60. The van der Waals surface area contributed by atoms with E-state index in [0.29, 0.717) is 5.56 Å². The molecule has 21 heavy (non-hydrogen) atoms. The van der Waals surface area contributed by atoms with Crippen LogP contribution in [0.4, 0.5) is 0 Å². The van der Waals surface area contributed by atoms with Crippen molar-refractivity contribution in [2.75, 3.05) is 14.2 Å². The normalized spacial score (nSPS) is 9.95. The fourth-order valence-corrected chi connectivity index (χ4v) is 2.04. The number of methoxy groups -OCH3 is 2. The van der Waals surface area contributed by atoms with Crippen LogP contribution in [0.3, 0.4) is 0 Å². The van der Waals surface area contributed by atoms with Crippen LogP contribution in [0.5, 0.6) is 11.5 Å². The third-order valence-corrected chi connectivity index (χ3v) is 3.19. The Morgan fingerprint density at radius 2 is 1.52 bits per heavy atom. The first kappa shape index (κ1) is 14.9. The number of rotatable bonds is 6. The summed E-state index contributed by atoms with van der Waals surface area (Å²) in [5.74, 6) is 1.46. The number of nitrogens with one attached hydrogen (secondary N) is 1. The van der Waals surface area contributed by atoms with Gasteiger partial charge in [-0.15, -0.1) is 0 Å². The summed E-state index contributed by atoms with van der Waals surface area (Å²) in [6, 6.07) is 15.6. The average Bonchev–Trinajstić information content (AvgIpc) is 2.55. The number of benzene rings is 2. The second-order valence-electron chi connectivity index (χ2n) is 4.60. The minimum atomic E-state index is 0.679. The lowest BCUT2D eigenvalue weighted by Gasteiger charge is -2.10. The van der Waals surface area contributed by atoms with Crippen molar-refractivity contribution in [3.8, 4) is 17.6 Å². The van der Waals surface area contributed by atoms with Gasteiger partial charge in [-0.1, -0.05) is 18.2 Å². The Bertz CT molecular complexity index is 630. The predicted molar refractivity (Wildman–Crippen MR) is 81.2 cm³/mol. The number of hydrogen-bond acceptors (Lipinski definition) is 4. The molecule has 0 unspecified atom stereocenters. The molecule has 2 rings (SSSR count). The van der Waals surface area contributed by atoms with E-state index in [1.807, 2.05) is 42.5 Å². The third-order valence-electron chi connectivity index (χ3n) is 3.19. The van der Waals surface area contributed by atoms with Crippen LogP contribution in [0.1, 0.15) is 16.7 Å². The predicted octanol–water partition coefficient (Wildman–Crippen LogP) is 2.87. The second kappa shape index (κ2) is 7.32. The van der Waals surface area contributed by atoms with Gasteiger partial charge < -0.3 is 14.8 Å². The van der Waals surface area contributed by atoms with Gasteiger partial charge in [0, 0.05) is 13.1 Å². The van der Waals surface area contributed by atoms with Crippen LogP contribution in [0.25, 0.3) is 0 Å². The monoisotopic (exact) mass is 282 g/mol. The summed E-state index contributed by atoms with van der Waals surface area (Å²) in [6.45, 7) is 1.49. The first-order valence-electron chi connectivity index (χ1n) is 6.67. The van der Waals surface area contributed by atoms with E-state index in [-0.39, 0.29) is 0 Å². The lowest BCUT2D eigenvalue weighted by atomic mass is 10.1. The van der Waals surface area contributed by atoms with E-state index in [1.165, 1.54) is 0 Å². The Balaban J connectivity index is 1.92. The maximum absolute atomic E-state index is 8.76. The van der Waals surface area contributed by atoms with Gasteiger partial charge in [-0.3, -0.25) is 0 Å². The molecule has 2 aromatic rings. The van der Waals surface area contributed by atoms with Crippen molar-refractivity contribution in [1.29, 1.82) is 5.26 Å². The van der Waals surface area contributed by atoms with Gasteiger partial charge in [0.2, 0.25) is 0 Å². The molecule has 4 nitrogen and oxygen atoms in total. The van der Waals surface area contributed by atoms with Crippen molar-refractivity contribution in [2.24, 2.45) is 0 Å². The molecule has 0 spiro atoms. The van der Waals surface area contributed by atoms with E-state index < -0.39 is 0 Å². The van der Waals surface area contributed by atoms with Gasteiger partial charge >= 0.3 is 0 Å². The van der Waals surface area contributed by atoms with Gasteiger partial charge in [0.15, 0.2) is 11.5 Å². The van der Waals surface area contributed by atoms with Crippen molar-refractivity contribution in [3.63, 3.8) is 0 Å². The molecule has 0 aliphatic carbocycles. The zero-order valence-corrected chi connectivity index (χ0v) is 12.2. The first-order chi connectivity index (χ1) is 10.3. The Kier molecular flexibility index (Phi) is 5.19. The van der Waals surface area contributed by atoms with Gasteiger partial charge in [-0.2, -0.15) is 5.26 Å². The highest BCUT2D eigenvalue weighted by molar-refractivity contribution is 5.42. The van der Waals surface area contributed by atoms with E-state index in [9.17, 15) is 0 Å². The minimum absolute atomic E-state index is 0.679. The summed E-state index contributed by atoms with van der Waals surface area (Å²) in [7, 11) is 3.26. The zero-order chi connectivity index (χ0) is 15.1. The van der Waals surface area contributed by atoms with Crippen LogP contribution in [-0.2, 0) is 13.1 Å². The Labute approximate surface area is 124 Å². The standard InChI is InChI=1S/C17H18N2O2/c1-20-16-8-7-15(9-17(16)21-2)12-19-11-14-5-3-13(10-18)4-6-14/h3-9,19H,11-12H2,1-2H3. The number of ether oxygens (including phenoxy) is 2. The summed E-state index contributed by atoms with van der Waals surface area (Å²) in [4.78, 5) is 0. The molecular weight excluding hydrogens is 264 g/mol. The van der Waals surface area contributed by atoms with Crippen LogP contribution < -0.4 is 14.8 Å². The maximum Gasteiger partial charge on any atom is 0.161 e. The largest absolute Gasteiger partial charge is 0.493 e. The Morgan fingerprint density at radius 3 is 2.14 bits per heavy atom. The topological polar surface area (TPSA) is 54.3 Å². The van der Waals surface area contributed by atoms with E-state index in [0.717, 1.165) is 35.7 Å². The Hall–Kier alpha value is -2.51. The maximum atomic E-state index is 8.76. The molecule has 0 bridgehead atoms. The zero-order valence-electron chi connectivity index (χ0n) is 12.2. The van der Waals surface area contributed by atoms with Crippen molar-refractivity contribution >= 4 is 0 Å². The number of nitrogens with zero attached hydrogens (tertiary/aromatic N) is 1. The molecule has 108 valence electrons. The third kappa shape index (κ3) is 3.98. The van der Waals surface area contributed by atoms with Crippen LogP contribution in [0, 0.1) is 11.3 Å². The van der Waals surface area contributed by atoms with E-state index in [4.69, 9.17) is 14.7 Å². The molecule has 0 saturated heterocycles. The molecule has 0 aromatic heterocycles.